The van der Waals surface area contributed by atoms with Gasteiger partial charge >= 0.3 is 0 Å². The SMILES string of the molecule is CCCn1nc(C(=O)Nc2nc(-c3ccc4c(c3)OCO4)cs2)ccc1=O. The van der Waals surface area contributed by atoms with Crippen LogP contribution in [0.15, 0.2) is 40.5 Å². The summed E-state index contributed by atoms with van der Waals surface area (Å²) in [5.41, 5.74) is 1.53. The minimum absolute atomic E-state index is 0.169. The van der Waals surface area contributed by atoms with Crippen molar-refractivity contribution >= 4 is 22.4 Å². The number of carbonyl (C=O) groups is 1. The average Bonchev–Trinajstić information content (AvgIpc) is 3.32. The zero-order valence-electron chi connectivity index (χ0n) is 14.5. The van der Waals surface area contributed by atoms with Crippen LogP contribution in [0, 0.1) is 0 Å². The third-order valence-electron chi connectivity index (χ3n) is 3.93. The van der Waals surface area contributed by atoms with Gasteiger partial charge in [-0.3, -0.25) is 14.9 Å². The molecule has 0 bridgehead atoms. The van der Waals surface area contributed by atoms with Gasteiger partial charge in [-0.05, 0) is 30.7 Å². The summed E-state index contributed by atoms with van der Waals surface area (Å²) in [6.45, 7) is 2.61. The molecule has 1 aromatic carbocycles. The van der Waals surface area contributed by atoms with Gasteiger partial charge < -0.3 is 9.47 Å². The molecule has 1 amide bonds. The van der Waals surface area contributed by atoms with E-state index in [1.165, 1.54) is 28.2 Å². The standard InChI is InChI=1S/C18H16N4O4S/c1-2-7-22-16(23)6-4-12(21-22)17(24)20-18-19-13(9-27-18)11-3-5-14-15(8-11)26-10-25-14/h3-6,8-9H,2,7,10H2,1H3,(H,19,20,24). The maximum Gasteiger partial charge on any atom is 0.277 e. The van der Waals surface area contributed by atoms with Gasteiger partial charge in [-0.25, -0.2) is 9.67 Å². The number of hydrogen-bond donors (Lipinski definition) is 1. The Labute approximate surface area is 158 Å². The smallest absolute Gasteiger partial charge is 0.277 e. The number of hydrogen-bond acceptors (Lipinski definition) is 7. The molecule has 3 heterocycles. The minimum Gasteiger partial charge on any atom is -0.454 e. The number of anilines is 1. The summed E-state index contributed by atoms with van der Waals surface area (Å²) in [5.74, 6) is 0.968. The Morgan fingerprint density at radius 3 is 2.96 bits per heavy atom. The molecular weight excluding hydrogens is 368 g/mol. The first kappa shape index (κ1) is 17.2. The van der Waals surface area contributed by atoms with E-state index in [4.69, 9.17) is 9.47 Å². The van der Waals surface area contributed by atoms with Gasteiger partial charge in [0.2, 0.25) is 6.79 Å². The molecule has 0 saturated carbocycles. The maximum atomic E-state index is 12.4. The number of ether oxygens (including phenoxy) is 2. The Morgan fingerprint density at radius 1 is 1.26 bits per heavy atom. The van der Waals surface area contributed by atoms with Crippen molar-refractivity contribution < 1.29 is 14.3 Å². The van der Waals surface area contributed by atoms with Gasteiger partial charge in [0.15, 0.2) is 16.6 Å². The number of benzene rings is 1. The molecule has 0 radical (unpaired) electrons. The minimum atomic E-state index is -0.411. The fourth-order valence-electron chi connectivity index (χ4n) is 2.62. The van der Waals surface area contributed by atoms with E-state index in [0.717, 1.165) is 17.7 Å². The van der Waals surface area contributed by atoms with Gasteiger partial charge in [0.25, 0.3) is 11.5 Å². The molecule has 3 aromatic rings. The van der Waals surface area contributed by atoms with E-state index in [1.807, 2.05) is 30.5 Å². The maximum absolute atomic E-state index is 12.4. The van der Waals surface area contributed by atoms with Crippen LogP contribution in [-0.2, 0) is 6.54 Å². The Morgan fingerprint density at radius 2 is 2.11 bits per heavy atom. The van der Waals surface area contributed by atoms with Crippen molar-refractivity contribution in [3.63, 3.8) is 0 Å². The lowest BCUT2D eigenvalue weighted by Crippen LogP contribution is -2.26. The van der Waals surface area contributed by atoms with E-state index in [1.54, 1.807) is 0 Å². The zero-order valence-corrected chi connectivity index (χ0v) is 15.3. The highest BCUT2D eigenvalue weighted by atomic mass is 32.1. The number of amides is 1. The Hall–Kier alpha value is -3.20. The second-order valence-electron chi connectivity index (χ2n) is 5.84. The van der Waals surface area contributed by atoms with Gasteiger partial charge in [0.1, 0.15) is 5.69 Å². The monoisotopic (exact) mass is 384 g/mol. The highest BCUT2D eigenvalue weighted by molar-refractivity contribution is 7.14. The van der Waals surface area contributed by atoms with Crippen molar-refractivity contribution in [3.8, 4) is 22.8 Å². The van der Waals surface area contributed by atoms with E-state index in [2.05, 4.69) is 15.4 Å². The van der Waals surface area contributed by atoms with Crippen LogP contribution in [0.1, 0.15) is 23.8 Å². The van der Waals surface area contributed by atoms with Crippen molar-refractivity contribution in [3.05, 3.63) is 51.8 Å². The molecule has 0 fully saturated rings. The lowest BCUT2D eigenvalue weighted by atomic mass is 10.1. The predicted molar refractivity (Wildman–Crippen MR) is 100 cm³/mol. The molecule has 2 aromatic heterocycles. The lowest BCUT2D eigenvalue weighted by molar-refractivity contribution is 0.101. The molecule has 0 unspecified atom stereocenters. The molecule has 27 heavy (non-hydrogen) atoms. The van der Waals surface area contributed by atoms with Crippen LogP contribution in [0.25, 0.3) is 11.3 Å². The largest absolute Gasteiger partial charge is 0.454 e. The quantitative estimate of drug-likeness (QED) is 0.727. The van der Waals surface area contributed by atoms with Crippen LogP contribution in [-0.4, -0.2) is 27.5 Å². The fourth-order valence-corrected chi connectivity index (χ4v) is 3.34. The van der Waals surface area contributed by atoms with E-state index >= 15 is 0 Å². The summed E-state index contributed by atoms with van der Waals surface area (Å²) < 4.78 is 12.0. The molecule has 138 valence electrons. The summed E-state index contributed by atoms with van der Waals surface area (Å²) in [6.07, 6.45) is 0.753. The van der Waals surface area contributed by atoms with Crippen LogP contribution in [0.5, 0.6) is 11.5 Å². The Balaban J connectivity index is 1.52. The second-order valence-corrected chi connectivity index (χ2v) is 6.70. The molecule has 1 N–H and O–H groups in total. The van der Waals surface area contributed by atoms with Crippen molar-refractivity contribution in [2.24, 2.45) is 0 Å². The number of aromatic nitrogens is 3. The number of thiazole rings is 1. The molecule has 0 atom stereocenters. The lowest BCUT2D eigenvalue weighted by Gasteiger charge is -2.05. The van der Waals surface area contributed by atoms with Crippen molar-refractivity contribution in [2.75, 3.05) is 12.1 Å². The van der Waals surface area contributed by atoms with Gasteiger partial charge in [-0.15, -0.1) is 11.3 Å². The summed E-state index contributed by atoms with van der Waals surface area (Å²) in [4.78, 5) is 28.6. The molecule has 4 rings (SSSR count). The predicted octanol–water partition coefficient (Wildman–Crippen LogP) is 2.76. The first-order valence-corrected chi connectivity index (χ1v) is 9.27. The molecule has 8 nitrogen and oxygen atoms in total. The highest BCUT2D eigenvalue weighted by Gasteiger charge is 2.16. The Kier molecular flexibility index (Phi) is 4.59. The molecule has 0 spiro atoms. The van der Waals surface area contributed by atoms with Gasteiger partial charge in [-0.1, -0.05) is 6.92 Å². The molecule has 0 saturated heterocycles. The molecule has 0 aliphatic carbocycles. The first-order chi connectivity index (χ1) is 13.1. The normalized spacial score (nSPS) is 12.2. The third-order valence-corrected chi connectivity index (χ3v) is 4.69. The topological polar surface area (TPSA) is 95.3 Å². The van der Waals surface area contributed by atoms with E-state index < -0.39 is 5.91 Å². The van der Waals surface area contributed by atoms with E-state index in [-0.39, 0.29) is 18.0 Å². The first-order valence-electron chi connectivity index (χ1n) is 8.39. The van der Waals surface area contributed by atoms with Gasteiger partial charge in [0, 0.05) is 23.6 Å². The van der Waals surface area contributed by atoms with E-state index in [9.17, 15) is 9.59 Å². The zero-order chi connectivity index (χ0) is 18.8. The molecule has 9 heteroatoms. The molecular formula is C18H16N4O4S. The third kappa shape index (κ3) is 3.54. The number of nitrogens with zero attached hydrogens (tertiary/aromatic N) is 3. The number of aryl methyl sites for hydroxylation is 1. The number of carbonyl (C=O) groups excluding carboxylic acids is 1. The van der Waals surface area contributed by atoms with Crippen LogP contribution in [0.2, 0.25) is 0 Å². The number of fused-ring (bicyclic) bond motifs is 1. The molecule has 1 aliphatic rings. The Bertz CT molecular complexity index is 1060. The van der Waals surface area contributed by atoms with Gasteiger partial charge in [-0.2, -0.15) is 5.10 Å². The summed E-state index contributed by atoms with van der Waals surface area (Å²) in [5, 5.41) is 9.12. The molecule has 1 aliphatic heterocycles. The highest BCUT2D eigenvalue weighted by Crippen LogP contribution is 2.36. The van der Waals surface area contributed by atoms with Crippen LogP contribution >= 0.6 is 11.3 Å². The summed E-state index contributed by atoms with van der Waals surface area (Å²) in [7, 11) is 0. The summed E-state index contributed by atoms with van der Waals surface area (Å²) in [6, 6.07) is 8.32. The van der Waals surface area contributed by atoms with Crippen molar-refractivity contribution in [1.82, 2.24) is 14.8 Å². The van der Waals surface area contributed by atoms with Crippen molar-refractivity contribution in [1.29, 1.82) is 0 Å². The number of rotatable bonds is 5. The fraction of sp³-hybridized carbons (Fsp3) is 0.222. The van der Waals surface area contributed by atoms with Crippen molar-refractivity contribution in [2.45, 2.75) is 19.9 Å². The summed E-state index contributed by atoms with van der Waals surface area (Å²) >= 11 is 1.31. The van der Waals surface area contributed by atoms with Crippen LogP contribution in [0.4, 0.5) is 5.13 Å². The average molecular weight is 384 g/mol. The number of nitrogens with one attached hydrogen (secondary N) is 1. The van der Waals surface area contributed by atoms with Crippen LogP contribution in [0.3, 0.4) is 0 Å². The van der Waals surface area contributed by atoms with E-state index in [0.29, 0.717) is 23.2 Å². The van der Waals surface area contributed by atoms with Gasteiger partial charge in [0.05, 0.1) is 5.69 Å². The van der Waals surface area contributed by atoms with Crippen LogP contribution < -0.4 is 20.3 Å². The second kappa shape index (κ2) is 7.20.